The lowest BCUT2D eigenvalue weighted by atomic mass is 9.89. The van der Waals surface area contributed by atoms with Crippen LogP contribution in [0.15, 0.2) is 0 Å². The van der Waals surface area contributed by atoms with E-state index in [1.165, 1.54) is 25.7 Å². The molecule has 0 spiro atoms. The second-order valence-corrected chi connectivity index (χ2v) is 5.47. The van der Waals surface area contributed by atoms with Crippen LogP contribution in [0, 0.1) is 5.92 Å². The van der Waals surface area contributed by atoms with E-state index in [0.717, 1.165) is 38.7 Å². The zero-order valence-corrected chi connectivity index (χ0v) is 12.4. The molecule has 1 aliphatic carbocycles. The zero-order chi connectivity index (χ0) is 13.2. The van der Waals surface area contributed by atoms with Gasteiger partial charge < -0.3 is 14.8 Å². The summed E-state index contributed by atoms with van der Waals surface area (Å²) >= 11 is 0. The Balaban J connectivity index is 2.07. The van der Waals surface area contributed by atoms with Gasteiger partial charge in [0.15, 0.2) is 0 Å². The molecular weight excluding hydrogens is 226 g/mol. The van der Waals surface area contributed by atoms with Gasteiger partial charge in [0.1, 0.15) is 0 Å². The van der Waals surface area contributed by atoms with Gasteiger partial charge in [-0.2, -0.15) is 0 Å². The number of hydrogen-bond donors (Lipinski definition) is 1. The Bertz CT molecular complexity index is 191. The Labute approximate surface area is 113 Å². The number of nitrogens with one attached hydrogen (secondary N) is 1. The van der Waals surface area contributed by atoms with Gasteiger partial charge in [-0.25, -0.2) is 0 Å². The third-order valence-corrected chi connectivity index (χ3v) is 3.87. The molecular formula is C15H31NO2. The first kappa shape index (κ1) is 15.9. The van der Waals surface area contributed by atoms with Gasteiger partial charge in [-0.05, 0) is 44.9 Å². The smallest absolute Gasteiger partial charge is 0.0623 e. The van der Waals surface area contributed by atoms with Gasteiger partial charge in [0.2, 0.25) is 0 Å². The molecule has 1 aliphatic rings. The molecule has 0 bridgehead atoms. The second kappa shape index (κ2) is 9.76. The van der Waals surface area contributed by atoms with E-state index in [0.29, 0.717) is 12.1 Å². The van der Waals surface area contributed by atoms with Crippen LogP contribution >= 0.6 is 0 Å². The highest BCUT2D eigenvalue weighted by molar-refractivity contribution is 4.72. The summed E-state index contributed by atoms with van der Waals surface area (Å²) in [6.45, 7) is 9.97. The normalized spacial score (nSPS) is 26.2. The van der Waals surface area contributed by atoms with Crippen LogP contribution in [0.1, 0.15) is 52.9 Å². The lowest BCUT2D eigenvalue weighted by molar-refractivity contribution is 0.00676. The molecule has 0 aliphatic heterocycles. The third-order valence-electron chi connectivity index (χ3n) is 3.87. The standard InChI is InChI=1S/C15H31NO2/c1-4-14(16-10-11-17-5-2)12-18-15-8-6-13(3)7-9-15/h13-16H,4-12H2,1-3H3. The number of hydrogen-bond acceptors (Lipinski definition) is 3. The Morgan fingerprint density at radius 2 is 1.89 bits per heavy atom. The summed E-state index contributed by atoms with van der Waals surface area (Å²) in [5.41, 5.74) is 0. The molecule has 18 heavy (non-hydrogen) atoms. The van der Waals surface area contributed by atoms with E-state index in [1.807, 2.05) is 6.92 Å². The van der Waals surface area contributed by atoms with Gasteiger partial charge in [-0.15, -0.1) is 0 Å². The topological polar surface area (TPSA) is 30.5 Å². The maximum atomic E-state index is 6.04. The van der Waals surface area contributed by atoms with E-state index in [4.69, 9.17) is 9.47 Å². The fourth-order valence-electron chi connectivity index (χ4n) is 2.45. The van der Waals surface area contributed by atoms with Crippen LogP contribution in [0.4, 0.5) is 0 Å². The van der Waals surface area contributed by atoms with Crippen molar-refractivity contribution in [2.45, 2.75) is 65.0 Å². The van der Waals surface area contributed by atoms with Crippen molar-refractivity contribution in [2.75, 3.05) is 26.4 Å². The van der Waals surface area contributed by atoms with E-state index >= 15 is 0 Å². The summed E-state index contributed by atoms with van der Waals surface area (Å²) in [6.07, 6.45) is 6.78. The molecule has 0 aromatic heterocycles. The molecule has 1 saturated carbocycles. The molecule has 1 rings (SSSR count). The van der Waals surface area contributed by atoms with Gasteiger partial charge in [0.05, 0.1) is 19.3 Å². The summed E-state index contributed by atoms with van der Waals surface area (Å²) < 4.78 is 11.4. The van der Waals surface area contributed by atoms with Gasteiger partial charge in [0.25, 0.3) is 0 Å². The van der Waals surface area contributed by atoms with Crippen molar-refractivity contribution < 1.29 is 9.47 Å². The average molecular weight is 257 g/mol. The molecule has 0 amide bonds. The summed E-state index contributed by atoms with van der Waals surface area (Å²) in [4.78, 5) is 0. The first-order chi connectivity index (χ1) is 8.76. The maximum Gasteiger partial charge on any atom is 0.0623 e. The molecule has 0 aromatic rings. The summed E-state index contributed by atoms with van der Waals surface area (Å²) in [5, 5.41) is 3.50. The molecule has 3 heteroatoms. The lowest BCUT2D eigenvalue weighted by Gasteiger charge is -2.28. The monoisotopic (exact) mass is 257 g/mol. The highest BCUT2D eigenvalue weighted by Crippen LogP contribution is 2.25. The predicted octanol–water partition coefficient (Wildman–Crippen LogP) is 2.99. The molecule has 0 saturated heterocycles. The number of ether oxygens (including phenoxy) is 2. The molecule has 0 radical (unpaired) electrons. The fraction of sp³-hybridized carbons (Fsp3) is 1.00. The molecule has 1 fully saturated rings. The van der Waals surface area contributed by atoms with Crippen LogP contribution in [0.3, 0.4) is 0 Å². The largest absolute Gasteiger partial charge is 0.380 e. The van der Waals surface area contributed by atoms with Crippen LogP contribution in [0.25, 0.3) is 0 Å². The average Bonchev–Trinajstić information content (AvgIpc) is 2.40. The zero-order valence-electron chi connectivity index (χ0n) is 12.4. The van der Waals surface area contributed by atoms with Crippen molar-refractivity contribution >= 4 is 0 Å². The van der Waals surface area contributed by atoms with E-state index in [-0.39, 0.29) is 0 Å². The van der Waals surface area contributed by atoms with E-state index in [1.54, 1.807) is 0 Å². The van der Waals surface area contributed by atoms with E-state index < -0.39 is 0 Å². The van der Waals surface area contributed by atoms with Crippen LogP contribution in [-0.4, -0.2) is 38.5 Å². The van der Waals surface area contributed by atoms with Crippen LogP contribution in [-0.2, 0) is 9.47 Å². The van der Waals surface area contributed by atoms with Crippen molar-refractivity contribution in [1.29, 1.82) is 0 Å². The minimum absolute atomic E-state index is 0.477. The quantitative estimate of drug-likeness (QED) is 0.644. The van der Waals surface area contributed by atoms with E-state index in [9.17, 15) is 0 Å². The SMILES string of the molecule is CCOCCNC(CC)COC1CCC(C)CC1. The Hall–Kier alpha value is -0.120. The molecule has 1 N–H and O–H groups in total. The third kappa shape index (κ3) is 6.72. The van der Waals surface area contributed by atoms with E-state index in [2.05, 4.69) is 19.2 Å². The molecule has 0 aromatic carbocycles. The molecule has 1 atom stereocenters. The van der Waals surface area contributed by atoms with Crippen molar-refractivity contribution in [2.24, 2.45) is 5.92 Å². The number of rotatable bonds is 9. The van der Waals surface area contributed by atoms with Crippen molar-refractivity contribution in [3.05, 3.63) is 0 Å². The minimum atomic E-state index is 0.477. The Morgan fingerprint density at radius 1 is 1.17 bits per heavy atom. The molecule has 3 nitrogen and oxygen atoms in total. The van der Waals surface area contributed by atoms with Crippen molar-refractivity contribution in [3.63, 3.8) is 0 Å². The van der Waals surface area contributed by atoms with Crippen molar-refractivity contribution in [3.8, 4) is 0 Å². The van der Waals surface area contributed by atoms with Gasteiger partial charge in [-0.1, -0.05) is 13.8 Å². The minimum Gasteiger partial charge on any atom is -0.380 e. The van der Waals surface area contributed by atoms with Crippen LogP contribution in [0.2, 0.25) is 0 Å². The fourth-order valence-corrected chi connectivity index (χ4v) is 2.45. The Kier molecular flexibility index (Phi) is 8.64. The Morgan fingerprint density at radius 3 is 2.50 bits per heavy atom. The molecule has 1 unspecified atom stereocenters. The second-order valence-electron chi connectivity index (χ2n) is 5.47. The van der Waals surface area contributed by atoms with Gasteiger partial charge in [0, 0.05) is 19.2 Å². The van der Waals surface area contributed by atoms with Crippen molar-refractivity contribution in [1.82, 2.24) is 5.32 Å². The highest BCUT2D eigenvalue weighted by atomic mass is 16.5. The predicted molar refractivity (Wildman–Crippen MR) is 75.9 cm³/mol. The van der Waals surface area contributed by atoms with Crippen LogP contribution < -0.4 is 5.32 Å². The lowest BCUT2D eigenvalue weighted by Crippen LogP contribution is -2.37. The first-order valence-electron chi connectivity index (χ1n) is 7.69. The first-order valence-corrected chi connectivity index (χ1v) is 7.69. The van der Waals surface area contributed by atoms with Gasteiger partial charge >= 0.3 is 0 Å². The highest BCUT2D eigenvalue weighted by Gasteiger charge is 2.19. The summed E-state index contributed by atoms with van der Waals surface area (Å²) in [6, 6.07) is 0.477. The summed E-state index contributed by atoms with van der Waals surface area (Å²) in [5.74, 6) is 0.899. The molecule has 108 valence electrons. The summed E-state index contributed by atoms with van der Waals surface area (Å²) in [7, 11) is 0. The molecule has 0 heterocycles. The maximum absolute atomic E-state index is 6.04. The van der Waals surface area contributed by atoms with Crippen LogP contribution in [0.5, 0.6) is 0 Å². The van der Waals surface area contributed by atoms with Gasteiger partial charge in [-0.3, -0.25) is 0 Å².